The van der Waals surface area contributed by atoms with E-state index in [0.717, 1.165) is 18.4 Å². The number of carbonyl (C=O) groups excluding carboxylic acids is 2. The van der Waals surface area contributed by atoms with Gasteiger partial charge in [0.2, 0.25) is 15.9 Å². The van der Waals surface area contributed by atoms with E-state index in [1.807, 2.05) is 0 Å². The molecule has 2 aliphatic rings. The molecule has 10 nitrogen and oxygen atoms in total. The Labute approximate surface area is 234 Å². The van der Waals surface area contributed by atoms with Crippen molar-refractivity contribution < 1.29 is 32.2 Å². The van der Waals surface area contributed by atoms with Crippen molar-refractivity contribution in [3.05, 3.63) is 59.1 Å². The van der Waals surface area contributed by atoms with Gasteiger partial charge in [0.15, 0.2) is 6.61 Å². The SMILES string of the molecule is CC(C(=O)NCC1CCCO1)N(Cc1ccc(Cl)cc1)C(=O)COc1ccc(S(=O)(=O)N2CCOCC2)cc1. The van der Waals surface area contributed by atoms with E-state index in [-0.39, 0.29) is 30.1 Å². The average Bonchev–Trinajstić information content (AvgIpc) is 3.48. The Balaban J connectivity index is 1.40. The fourth-order valence-electron chi connectivity index (χ4n) is 4.41. The summed E-state index contributed by atoms with van der Waals surface area (Å²) in [7, 11) is -3.63. The zero-order chi connectivity index (χ0) is 27.8. The van der Waals surface area contributed by atoms with Crippen molar-refractivity contribution in [2.75, 3.05) is 46.1 Å². The Morgan fingerprint density at radius 3 is 2.44 bits per heavy atom. The summed E-state index contributed by atoms with van der Waals surface area (Å²) < 4.78 is 43.6. The lowest BCUT2D eigenvalue weighted by Gasteiger charge is -2.29. The molecule has 0 spiro atoms. The highest BCUT2D eigenvalue weighted by atomic mass is 35.5. The van der Waals surface area contributed by atoms with Crippen LogP contribution in [0.4, 0.5) is 0 Å². The van der Waals surface area contributed by atoms with Crippen LogP contribution in [0.2, 0.25) is 5.02 Å². The van der Waals surface area contributed by atoms with Crippen LogP contribution in [0, 0.1) is 0 Å². The summed E-state index contributed by atoms with van der Waals surface area (Å²) >= 11 is 6.01. The van der Waals surface area contributed by atoms with Gasteiger partial charge in [-0.05, 0) is 61.7 Å². The Kier molecular flexibility index (Phi) is 10.2. The maximum Gasteiger partial charge on any atom is 0.261 e. The quantitative estimate of drug-likeness (QED) is 0.435. The standard InChI is InChI=1S/C27H34ClN3O7S/c1-20(27(33)29-17-24-3-2-14-37-24)31(18-21-4-6-22(28)7-5-21)26(32)19-38-23-8-10-25(11-9-23)39(34,35)30-12-15-36-16-13-30/h4-11,20,24H,2-3,12-19H2,1H3,(H,29,33). The Bertz CT molecular complexity index is 1210. The van der Waals surface area contributed by atoms with Crippen LogP contribution in [0.15, 0.2) is 53.4 Å². The van der Waals surface area contributed by atoms with Crippen LogP contribution in [0.5, 0.6) is 5.75 Å². The average molecular weight is 580 g/mol. The molecule has 0 saturated carbocycles. The number of rotatable bonds is 11. The molecule has 0 radical (unpaired) electrons. The van der Waals surface area contributed by atoms with Crippen molar-refractivity contribution in [2.24, 2.45) is 0 Å². The van der Waals surface area contributed by atoms with Crippen LogP contribution in [-0.2, 0) is 35.6 Å². The van der Waals surface area contributed by atoms with Gasteiger partial charge in [-0.3, -0.25) is 9.59 Å². The van der Waals surface area contributed by atoms with Crippen LogP contribution in [-0.4, -0.2) is 87.6 Å². The maximum atomic E-state index is 13.3. The van der Waals surface area contributed by atoms with Crippen LogP contribution in [0.25, 0.3) is 0 Å². The summed E-state index contributed by atoms with van der Waals surface area (Å²) in [5, 5.41) is 3.46. The molecule has 4 rings (SSSR count). The van der Waals surface area contributed by atoms with E-state index in [0.29, 0.717) is 50.2 Å². The first-order valence-electron chi connectivity index (χ1n) is 13.0. The van der Waals surface area contributed by atoms with Gasteiger partial charge >= 0.3 is 0 Å². The molecule has 2 fully saturated rings. The molecule has 0 aromatic heterocycles. The molecule has 2 aromatic rings. The first-order valence-corrected chi connectivity index (χ1v) is 14.8. The minimum Gasteiger partial charge on any atom is -0.484 e. The number of sulfonamides is 1. The van der Waals surface area contributed by atoms with Crippen molar-refractivity contribution in [1.82, 2.24) is 14.5 Å². The number of benzene rings is 2. The largest absolute Gasteiger partial charge is 0.484 e. The van der Waals surface area contributed by atoms with Gasteiger partial charge in [-0.15, -0.1) is 0 Å². The highest BCUT2D eigenvalue weighted by Crippen LogP contribution is 2.21. The number of nitrogens with zero attached hydrogens (tertiary/aromatic N) is 2. The summed E-state index contributed by atoms with van der Waals surface area (Å²) in [5.41, 5.74) is 0.809. The fraction of sp³-hybridized carbons (Fsp3) is 0.481. The molecule has 212 valence electrons. The molecular weight excluding hydrogens is 546 g/mol. The third-order valence-corrected chi connectivity index (χ3v) is 8.92. The fourth-order valence-corrected chi connectivity index (χ4v) is 5.94. The Morgan fingerprint density at radius 1 is 1.10 bits per heavy atom. The number of halogens is 1. The number of hydrogen-bond acceptors (Lipinski definition) is 7. The summed E-state index contributed by atoms with van der Waals surface area (Å²) in [6, 6.07) is 12.2. The number of hydrogen-bond donors (Lipinski definition) is 1. The van der Waals surface area contributed by atoms with Gasteiger partial charge in [0.1, 0.15) is 11.8 Å². The highest BCUT2D eigenvalue weighted by molar-refractivity contribution is 7.89. The van der Waals surface area contributed by atoms with E-state index < -0.39 is 22.0 Å². The number of amides is 2. The van der Waals surface area contributed by atoms with E-state index >= 15 is 0 Å². The van der Waals surface area contributed by atoms with E-state index in [2.05, 4.69) is 5.32 Å². The third kappa shape index (κ3) is 7.92. The van der Waals surface area contributed by atoms with Crippen LogP contribution < -0.4 is 10.1 Å². The predicted octanol–water partition coefficient (Wildman–Crippen LogP) is 2.45. The second kappa shape index (κ2) is 13.6. The lowest BCUT2D eigenvalue weighted by Crippen LogP contribution is -2.50. The maximum absolute atomic E-state index is 13.3. The summed E-state index contributed by atoms with van der Waals surface area (Å²) in [4.78, 5) is 27.8. The summed E-state index contributed by atoms with van der Waals surface area (Å²) in [6.45, 7) is 3.94. The predicted molar refractivity (Wildman–Crippen MR) is 145 cm³/mol. The van der Waals surface area contributed by atoms with Gasteiger partial charge in [-0.1, -0.05) is 23.7 Å². The summed E-state index contributed by atoms with van der Waals surface area (Å²) in [6.07, 6.45) is 1.84. The molecule has 0 bridgehead atoms. The van der Waals surface area contributed by atoms with Gasteiger partial charge in [0.25, 0.3) is 5.91 Å². The van der Waals surface area contributed by atoms with Crippen molar-refractivity contribution in [2.45, 2.75) is 43.4 Å². The molecular formula is C27H34ClN3O7S. The van der Waals surface area contributed by atoms with Gasteiger partial charge in [0.05, 0.1) is 24.2 Å². The second-order valence-electron chi connectivity index (χ2n) is 9.48. The molecule has 2 amide bonds. The van der Waals surface area contributed by atoms with Gasteiger partial charge in [0, 0.05) is 37.8 Å². The van der Waals surface area contributed by atoms with Crippen LogP contribution >= 0.6 is 11.6 Å². The molecule has 2 heterocycles. The molecule has 1 N–H and O–H groups in total. The number of carbonyl (C=O) groups is 2. The Hall–Kier alpha value is -2.70. The lowest BCUT2D eigenvalue weighted by atomic mass is 10.1. The lowest BCUT2D eigenvalue weighted by molar-refractivity contribution is -0.142. The molecule has 12 heteroatoms. The number of nitrogens with one attached hydrogen (secondary N) is 1. The number of morpholine rings is 1. The van der Waals surface area contributed by atoms with Crippen LogP contribution in [0.1, 0.15) is 25.3 Å². The number of ether oxygens (including phenoxy) is 3. The van der Waals surface area contributed by atoms with Crippen LogP contribution in [0.3, 0.4) is 0 Å². The van der Waals surface area contributed by atoms with Crippen molar-refractivity contribution in [1.29, 1.82) is 0 Å². The minimum atomic E-state index is -3.63. The van der Waals surface area contributed by atoms with Crippen molar-refractivity contribution in [3.8, 4) is 5.75 Å². The third-order valence-electron chi connectivity index (χ3n) is 6.76. The molecule has 2 saturated heterocycles. The smallest absolute Gasteiger partial charge is 0.261 e. The van der Waals surface area contributed by atoms with E-state index in [4.69, 9.17) is 25.8 Å². The normalized spacial score (nSPS) is 18.9. The Morgan fingerprint density at radius 2 is 1.79 bits per heavy atom. The van der Waals surface area contributed by atoms with E-state index in [9.17, 15) is 18.0 Å². The zero-order valence-electron chi connectivity index (χ0n) is 21.9. The van der Waals surface area contributed by atoms with Crippen molar-refractivity contribution in [3.63, 3.8) is 0 Å². The van der Waals surface area contributed by atoms with E-state index in [1.165, 1.54) is 33.5 Å². The molecule has 2 atom stereocenters. The van der Waals surface area contributed by atoms with Gasteiger partial charge in [-0.2, -0.15) is 4.31 Å². The summed E-state index contributed by atoms with van der Waals surface area (Å²) in [5.74, 6) is -0.341. The van der Waals surface area contributed by atoms with Crippen molar-refractivity contribution >= 4 is 33.4 Å². The molecule has 2 unspecified atom stereocenters. The first-order chi connectivity index (χ1) is 18.7. The first kappa shape index (κ1) is 29.3. The molecule has 2 aromatic carbocycles. The molecule has 0 aliphatic carbocycles. The molecule has 39 heavy (non-hydrogen) atoms. The van der Waals surface area contributed by atoms with Gasteiger partial charge < -0.3 is 24.4 Å². The second-order valence-corrected chi connectivity index (χ2v) is 11.9. The van der Waals surface area contributed by atoms with Gasteiger partial charge in [-0.25, -0.2) is 8.42 Å². The minimum absolute atomic E-state index is 0.0140. The topological polar surface area (TPSA) is 114 Å². The highest BCUT2D eigenvalue weighted by Gasteiger charge is 2.28. The molecule has 2 aliphatic heterocycles. The van der Waals surface area contributed by atoms with E-state index in [1.54, 1.807) is 31.2 Å². The monoisotopic (exact) mass is 579 g/mol. The zero-order valence-corrected chi connectivity index (χ0v) is 23.5.